The van der Waals surface area contributed by atoms with Crippen LogP contribution in [0.2, 0.25) is 0 Å². The molecular weight excluding hydrogens is 644 g/mol. The van der Waals surface area contributed by atoms with Crippen LogP contribution in [-0.4, -0.2) is 35.4 Å². The van der Waals surface area contributed by atoms with Gasteiger partial charge in [0.1, 0.15) is 11.8 Å². The van der Waals surface area contributed by atoms with Crippen molar-refractivity contribution in [2.75, 3.05) is 6.61 Å². The SMILES string of the molecule is CC(C)(C)c1ccc(OCC(=O)N(Cc2cccc(Br)c2)[C@H](Cc2ccccc2)C(=O)NC2CCCCC2)c(Br)c1. The normalized spacial score (nSPS) is 14.8. The number of benzene rings is 3. The van der Waals surface area contributed by atoms with Gasteiger partial charge in [-0.2, -0.15) is 0 Å². The Morgan fingerprint density at radius 1 is 0.927 bits per heavy atom. The van der Waals surface area contributed by atoms with Crippen LogP contribution >= 0.6 is 31.9 Å². The van der Waals surface area contributed by atoms with Gasteiger partial charge in [-0.25, -0.2) is 0 Å². The lowest BCUT2D eigenvalue weighted by atomic mass is 9.87. The Labute approximate surface area is 261 Å². The Hall–Kier alpha value is -2.64. The molecule has 1 aliphatic carbocycles. The van der Waals surface area contributed by atoms with Crippen LogP contribution in [0, 0.1) is 0 Å². The number of carbonyl (C=O) groups excluding carboxylic acids is 2. The van der Waals surface area contributed by atoms with E-state index in [4.69, 9.17) is 4.74 Å². The summed E-state index contributed by atoms with van der Waals surface area (Å²) in [5, 5.41) is 3.28. The second-order valence-corrected chi connectivity index (χ2v) is 13.7. The summed E-state index contributed by atoms with van der Waals surface area (Å²) < 4.78 is 7.78. The van der Waals surface area contributed by atoms with Crippen molar-refractivity contribution in [1.29, 1.82) is 0 Å². The van der Waals surface area contributed by atoms with Crippen molar-refractivity contribution < 1.29 is 14.3 Å². The fourth-order valence-electron chi connectivity index (χ4n) is 5.24. The van der Waals surface area contributed by atoms with E-state index >= 15 is 0 Å². The molecule has 218 valence electrons. The highest BCUT2D eigenvalue weighted by Crippen LogP contribution is 2.31. The van der Waals surface area contributed by atoms with Crippen LogP contribution in [0.3, 0.4) is 0 Å². The van der Waals surface area contributed by atoms with E-state index in [9.17, 15) is 9.59 Å². The van der Waals surface area contributed by atoms with Crippen molar-refractivity contribution in [3.8, 4) is 5.75 Å². The van der Waals surface area contributed by atoms with E-state index < -0.39 is 6.04 Å². The summed E-state index contributed by atoms with van der Waals surface area (Å²) in [6.45, 7) is 6.59. The van der Waals surface area contributed by atoms with Gasteiger partial charge in [0.15, 0.2) is 6.61 Å². The third kappa shape index (κ3) is 9.17. The average molecular weight is 685 g/mol. The van der Waals surface area contributed by atoms with Gasteiger partial charge in [0, 0.05) is 23.5 Å². The molecule has 0 aliphatic heterocycles. The van der Waals surface area contributed by atoms with Crippen LogP contribution in [0.4, 0.5) is 0 Å². The van der Waals surface area contributed by atoms with Crippen molar-refractivity contribution >= 4 is 43.7 Å². The van der Waals surface area contributed by atoms with Gasteiger partial charge in [-0.15, -0.1) is 0 Å². The maximum atomic E-state index is 14.0. The number of hydrogen-bond donors (Lipinski definition) is 1. The van der Waals surface area contributed by atoms with Crippen molar-refractivity contribution in [3.63, 3.8) is 0 Å². The van der Waals surface area contributed by atoms with Gasteiger partial charge in [0.2, 0.25) is 5.91 Å². The van der Waals surface area contributed by atoms with Crippen LogP contribution < -0.4 is 10.1 Å². The van der Waals surface area contributed by atoms with E-state index in [2.05, 4.69) is 57.9 Å². The zero-order valence-corrected chi connectivity index (χ0v) is 27.3. The number of ether oxygens (including phenoxy) is 1. The van der Waals surface area contributed by atoms with Crippen LogP contribution in [-0.2, 0) is 28.0 Å². The van der Waals surface area contributed by atoms with E-state index in [0.717, 1.165) is 45.8 Å². The molecule has 1 saturated carbocycles. The van der Waals surface area contributed by atoms with Crippen molar-refractivity contribution in [1.82, 2.24) is 10.2 Å². The lowest BCUT2D eigenvalue weighted by Gasteiger charge is -2.33. The molecule has 7 heteroatoms. The molecule has 1 N–H and O–H groups in total. The summed E-state index contributed by atoms with van der Waals surface area (Å²) in [5.74, 6) is 0.247. The summed E-state index contributed by atoms with van der Waals surface area (Å²) in [6.07, 6.45) is 5.81. The van der Waals surface area contributed by atoms with Gasteiger partial charge in [-0.1, -0.05) is 104 Å². The monoisotopic (exact) mass is 682 g/mol. The van der Waals surface area contributed by atoms with Gasteiger partial charge in [-0.05, 0) is 75.1 Å². The first-order valence-corrected chi connectivity index (χ1v) is 16.0. The van der Waals surface area contributed by atoms with Gasteiger partial charge < -0.3 is 15.0 Å². The Morgan fingerprint density at radius 2 is 1.63 bits per heavy atom. The van der Waals surface area contributed by atoms with E-state index in [1.165, 1.54) is 12.0 Å². The van der Waals surface area contributed by atoms with E-state index in [1.54, 1.807) is 4.90 Å². The first kappa shape index (κ1) is 31.3. The van der Waals surface area contributed by atoms with Crippen molar-refractivity contribution in [2.24, 2.45) is 0 Å². The summed E-state index contributed by atoms with van der Waals surface area (Å²) >= 11 is 7.17. The fourth-order valence-corrected chi connectivity index (χ4v) is 6.18. The van der Waals surface area contributed by atoms with E-state index in [1.807, 2.05) is 72.8 Å². The summed E-state index contributed by atoms with van der Waals surface area (Å²) in [7, 11) is 0. The maximum absolute atomic E-state index is 14.0. The molecule has 2 amide bonds. The average Bonchev–Trinajstić information content (AvgIpc) is 2.94. The van der Waals surface area contributed by atoms with E-state index in [0.29, 0.717) is 18.7 Å². The molecule has 5 nitrogen and oxygen atoms in total. The van der Waals surface area contributed by atoms with Crippen LogP contribution in [0.5, 0.6) is 5.75 Å². The summed E-state index contributed by atoms with van der Waals surface area (Å²) in [5.41, 5.74) is 3.10. The number of nitrogens with zero attached hydrogens (tertiary/aromatic N) is 1. The lowest BCUT2D eigenvalue weighted by molar-refractivity contribution is -0.143. The zero-order valence-electron chi connectivity index (χ0n) is 24.2. The number of amides is 2. The molecule has 3 aromatic rings. The Morgan fingerprint density at radius 3 is 2.29 bits per heavy atom. The molecule has 3 aromatic carbocycles. The minimum absolute atomic E-state index is 0.00597. The molecule has 1 atom stereocenters. The first-order valence-electron chi connectivity index (χ1n) is 14.4. The fraction of sp³-hybridized carbons (Fsp3) is 0.412. The van der Waals surface area contributed by atoms with Gasteiger partial charge >= 0.3 is 0 Å². The Bertz CT molecular complexity index is 1320. The summed E-state index contributed by atoms with van der Waals surface area (Å²) in [4.78, 5) is 29.6. The minimum atomic E-state index is -0.680. The number of hydrogen-bond acceptors (Lipinski definition) is 3. The van der Waals surface area contributed by atoms with Crippen molar-refractivity contribution in [3.05, 3.63) is 98.4 Å². The number of carbonyl (C=O) groups is 2. The molecule has 1 aliphatic rings. The molecule has 0 unspecified atom stereocenters. The van der Waals surface area contributed by atoms with Crippen LogP contribution in [0.25, 0.3) is 0 Å². The molecule has 0 saturated heterocycles. The van der Waals surface area contributed by atoms with Crippen LogP contribution in [0.1, 0.15) is 69.6 Å². The third-order valence-corrected chi connectivity index (χ3v) is 8.73. The number of rotatable bonds is 10. The molecule has 41 heavy (non-hydrogen) atoms. The molecule has 0 spiro atoms. The topological polar surface area (TPSA) is 58.6 Å². The number of nitrogens with one attached hydrogen (secondary N) is 1. The molecule has 0 heterocycles. The molecule has 0 radical (unpaired) electrons. The minimum Gasteiger partial charge on any atom is -0.483 e. The highest BCUT2D eigenvalue weighted by atomic mass is 79.9. The summed E-state index contributed by atoms with van der Waals surface area (Å²) in [6, 6.07) is 23.2. The Balaban J connectivity index is 1.61. The van der Waals surface area contributed by atoms with Gasteiger partial charge in [-0.3, -0.25) is 9.59 Å². The first-order chi connectivity index (χ1) is 19.6. The molecular formula is C34H40Br2N2O3. The smallest absolute Gasteiger partial charge is 0.261 e. The number of halogens is 2. The second-order valence-electron chi connectivity index (χ2n) is 11.9. The maximum Gasteiger partial charge on any atom is 0.261 e. The second kappa shape index (κ2) is 14.5. The zero-order chi connectivity index (χ0) is 29.4. The van der Waals surface area contributed by atoms with Gasteiger partial charge in [0.25, 0.3) is 5.91 Å². The molecule has 0 aromatic heterocycles. The predicted octanol–water partition coefficient (Wildman–Crippen LogP) is 7.98. The third-order valence-electron chi connectivity index (χ3n) is 7.61. The highest BCUT2D eigenvalue weighted by Gasteiger charge is 2.32. The highest BCUT2D eigenvalue weighted by molar-refractivity contribution is 9.10. The lowest BCUT2D eigenvalue weighted by Crippen LogP contribution is -2.53. The molecule has 4 rings (SSSR count). The molecule has 1 fully saturated rings. The van der Waals surface area contributed by atoms with Crippen LogP contribution in [0.15, 0.2) is 81.7 Å². The quantitative estimate of drug-likeness (QED) is 0.236. The Kier molecular flexibility index (Phi) is 11.1. The van der Waals surface area contributed by atoms with Crippen molar-refractivity contribution in [2.45, 2.75) is 83.3 Å². The van der Waals surface area contributed by atoms with E-state index in [-0.39, 0.29) is 29.9 Å². The standard InChI is InChI=1S/C34H40Br2N2O3/c1-34(2,3)26-17-18-31(29(36)21-26)41-23-32(39)38(22-25-13-10-14-27(35)19-25)30(20-24-11-6-4-7-12-24)33(40)37-28-15-8-5-9-16-28/h4,6-7,10-14,17-19,21,28,30H,5,8-9,15-16,20,22-23H2,1-3H3,(H,37,40)/t30-/m1/s1. The van der Waals surface area contributed by atoms with Gasteiger partial charge in [0.05, 0.1) is 4.47 Å². The molecule has 0 bridgehead atoms. The predicted molar refractivity (Wildman–Crippen MR) is 172 cm³/mol. The largest absolute Gasteiger partial charge is 0.483 e.